The van der Waals surface area contributed by atoms with Gasteiger partial charge in [-0.05, 0) is 25.1 Å². The third-order valence-electron chi connectivity index (χ3n) is 2.51. The molecule has 0 spiro atoms. The molecule has 0 aliphatic rings. The molecule has 100 valence electrons. The average Bonchev–Trinajstić information content (AvgIpc) is 2.74. The number of carbonyl (C=O) groups excluding carboxylic acids is 1. The smallest absolute Gasteiger partial charge is 0.339 e. The quantitative estimate of drug-likeness (QED) is 0.878. The number of thiophene rings is 1. The Morgan fingerprint density at radius 3 is 2.84 bits per heavy atom. The average molecular weight is 283 g/mol. The molecular weight excluding hydrogens is 272 g/mol. The van der Waals surface area contributed by atoms with Gasteiger partial charge in [0.05, 0.1) is 17.2 Å². The summed E-state index contributed by atoms with van der Waals surface area (Å²) in [6.45, 7) is 1.86. The van der Waals surface area contributed by atoms with E-state index in [1.807, 2.05) is 0 Å². The molecule has 0 saturated carbocycles. The van der Waals surface area contributed by atoms with Crippen LogP contribution in [-0.4, -0.2) is 12.6 Å². The second-order valence-corrected chi connectivity index (χ2v) is 4.64. The molecule has 3 nitrogen and oxygen atoms in total. The number of halogens is 2. The molecule has 19 heavy (non-hydrogen) atoms. The number of nitrogens with two attached hydrogens (primary N) is 1. The monoisotopic (exact) mass is 283 g/mol. The van der Waals surface area contributed by atoms with Gasteiger partial charge in [-0.25, -0.2) is 13.6 Å². The lowest BCUT2D eigenvalue weighted by Crippen LogP contribution is -2.05. The van der Waals surface area contributed by atoms with E-state index in [0.717, 1.165) is 29.5 Å². The molecule has 2 aromatic rings. The van der Waals surface area contributed by atoms with Gasteiger partial charge in [0.1, 0.15) is 11.6 Å². The molecule has 2 N–H and O–H groups in total. The van der Waals surface area contributed by atoms with Crippen LogP contribution in [0.5, 0.6) is 0 Å². The first-order valence-corrected chi connectivity index (χ1v) is 6.42. The predicted molar refractivity (Wildman–Crippen MR) is 70.0 cm³/mol. The Bertz CT molecular complexity index is 625. The van der Waals surface area contributed by atoms with Crippen LogP contribution < -0.4 is 5.73 Å². The third kappa shape index (κ3) is 2.58. The fourth-order valence-electron chi connectivity index (χ4n) is 1.70. The van der Waals surface area contributed by atoms with Gasteiger partial charge in [-0.15, -0.1) is 11.3 Å². The Hall–Kier alpha value is -1.95. The van der Waals surface area contributed by atoms with Gasteiger partial charge in [0.2, 0.25) is 0 Å². The minimum Gasteiger partial charge on any atom is -0.462 e. The molecule has 0 fully saturated rings. The SMILES string of the molecule is CCOC(=O)c1csc(N)c1-c1cc(F)ccc1F. The largest absolute Gasteiger partial charge is 0.462 e. The van der Waals surface area contributed by atoms with E-state index < -0.39 is 17.6 Å². The van der Waals surface area contributed by atoms with Gasteiger partial charge in [0.15, 0.2) is 0 Å². The lowest BCUT2D eigenvalue weighted by atomic mass is 10.0. The zero-order valence-electron chi connectivity index (χ0n) is 10.1. The normalized spacial score (nSPS) is 10.5. The first kappa shape index (κ1) is 13.5. The fraction of sp³-hybridized carbons (Fsp3) is 0.154. The standard InChI is InChI=1S/C13H11F2NO2S/c1-2-18-13(17)9-6-19-12(16)11(9)8-5-7(14)3-4-10(8)15/h3-6H,2,16H2,1H3. The van der Waals surface area contributed by atoms with Gasteiger partial charge in [0, 0.05) is 16.5 Å². The van der Waals surface area contributed by atoms with Gasteiger partial charge in [-0.2, -0.15) is 0 Å². The van der Waals surface area contributed by atoms with Gasteiger partial charge in [0.25, 0.3) is 0 Å². The third-order valence-corrected chi connectivity index (χ3v) is 3.32. The first-order chi connectivity index (χ1) is 9.04. The highest BCUT2D eigenvalue weighted by Crippen LogP contribution is 2.37. The number of nitrogen functional groups attached to an aromatic ring is 1. The van der Waals surface area contributed by atoms with Crippen LogP contribution in [0.4, 0.5) is 13.8 Å². The summed E-state index contributed by atoms with van der Waals surface area (Å²) in [4.78, 5) is 11.8. The van der Waals surface area contributed by atoms with Crippen LogP contribution in [0.1, 0.15) is 17.3 Å². The number of hydrogen-bond acceptors (Lipinski definition) is 4. The van der Waals surface area contributed by atoms with Crippen LogP contribution in [0, 0.1) is 11.6 Å². The van der Waals surface area contributed by atoms with E-state index in [9.17, 15) is 13.6 Å². The number of anilines is 1. The molecular formula is C13H11F2NO2S. The Labute approximate surface area is 112 Å². The number of benzene rings is 1. The second kappa shape index (κ2) is 5.36. The molecule has 2 rings (SSSR count). The van der Waals surface area contributed by atoms with Crippen molar-refractivity contribution in [3.05, 3.63) is 40.8 Å². The molecule has 0 aliphatic carbocycles. The summed E-state index contributed by atoms with van der Waals surface area (Å²) in [5.74, 6) is -1.84. The van der Waals surface area contributed by atoms with Crippen molar-refractivity contribution in [1.29, 1.82) is 0 Å². The lowest BCUT2D eigenvalue weighted by molar-refractivity contribution is 0.0528. The first-order valence-electron chi connectivity index (χ1n) is 5.54. The maximum Gasteiger partial charge on any atom is 0.339 e. The number of rotatable bonds is 3. The number of ether oxygens (including phenoxy) is 1. The zero-order chi connectivity index (χ0) is 14.0. The van der Waals surface area contributed by atoms with E-state index in [-0.39, 0.29) is 28.3 Å². The Morgan fingerprint density at radius 1 is 1.42 bits per heavy atom. The molecule has 0 atom stereocenters. The molecule has 6 heteroatoms. The predicted octanol–water partition coefficient (Wildman–Crippen LogP) is 3.45. The van der Waals surface area contributed by atoms with E-state index in [2.05, 4.69) is 0 Å². The Balaban J connectivity index is 2.58. The Morgan fingerprint density at radius 2 is 2.16 bits per heavy atom. The van der Waals surface area contributed by atoms with Gasteiger partial charge in [-0.1, -0.05) is 0 Å². The number of hydrogen-bond donors (Lipinski definition) is 1. The maximum atomic E-state index is 13.8. The molecule has 1 aromatic heterocycles. The highest BCUT2D eigenvalue weighted by Gasteiger charge is 2.21. The van der Waals surface area contributed by atoms with E-state index in [1.54, 1.807) is 6.92 Å². The lowest BCUT2D eigenvalue weighted by Gasteiger charge is -2.07. The molecule has 0 bridgehead atoms. The minimum absolute atomic E-state index is 0.0400. The zero-order valence-corrected chi connectivity index (χ0v) is 10.9. The second-order valence-electron chi connectivity index (χ2n) is 3.73. The van der Waals surface area contributed by atoms with Crippen molar-refractivity contribution < 1.29 is 18.3 Å². The summed E-state index contributed by atoms with van der Waals surface area (Å²) in [5, 5.41) is 1.72. The maximum absolute atomic E-state index is 13.8. The van der Waals surface area contributed by atoms with Gasteiger partial charge >= 0.3 is 5.97 Å². The van der Waals surface area contributed by atoms with E-state index in [1.165, 1.54) is 5.38 Å². The van der Waals surface area contributed by atoms with Crippen molar-refractivity contribution in [2.24, 2.45) is 0 Å². The van der Waals surface area contributed by atoms with Crippen LogP contribution in [0.15, 0.2) is 23.6 Å². The van der Waals surface area contributed by atoms with Crippen molar-refractivity contribution >= 4 is 22.3 Å². The molecule has 0 amide bonds. The highest BCUT2D eigenvalue weighted by molar-refractivity contribution is 7.15. The van der Waals surface area contributed by atoms with Crippen LogP contribution in [0.2, 0.25) is 0 Å². The Kier molecular flexibility index (Phi) is 3.80. The summed E-state index contributed by atoms with van der Waals surface area (Å²) < 4.78 is 31.9. The summed E-state index contributed by atoms with van der Waals surface area (Å²) in [6, 6.07) is 3.01. The van der Waals surface area contributed by atoms with E-state index in [4.69, 9.17) is 10.5 Å². The number of carbonyl (C=O) groups is 1. The molecule has 0 aliphatic heterocycles. The topological polar surface area (TPSA) is 52.3 Å². The molecule has 0 saturated heterocycles. The molecule has 1 aromatic carbocycles. The van der Waals surface area contributed by atoms with Gasteiger partial charge in [-0.3, -0.25) is 0 Å². The van der Waals surface area contributed by atoms with Crippen LogP contribution in [0.25, 0.3) is 11.1 Å². The van der Waals surface area contributed by atoms with Gasteiger partial charge < -0.3 is 10.5 Å². The summed E-state index contributed by atoms with van der Waals surface area (Å²) in [7, 11) is 0. The van der Waals surface area contributed by atoms with E-state index >= 15 is 0 Å². The molecule has 0 unspecified atom stereocenters. The fourth-order valence-corrected chi connectivity index (χ4v) is 2.50. The minimum atomic E-state index is -0.642. The summed E-state index contributed by atoms with van der Waals surface area (Å²) in [6.07, 6.45) is 0. The van der Waals surface area contributed by atoms with Crippen molar-refractivity contribution in [3.8, 4) is 11.1 Å². The van der Waals surface area contributed by atoms with E-state index in [0.29, 0.717) is 0 Å². The highest BCUT2D eigenvalue weighted by atomic mass is 32.1. The van der Waals surface area contributed by atoms with Crippen molar-refractivity contribution in [3.63, 3.8) is 0 Å². The summed E-state index contributed by atoms with van der Waals surface area (Å²) in [5.41, 5.74) is 6.04. The summed E-state index contributed by atoms with van der Waals surface area (Å²) >= 11 is 1.08. The van der Waals surface area contributed by atoms with Crippen LogP contribution >= 0.6 is 11.3 Å². The van der Waals surface area contributed by atoms with Crippen molar-refractivity contribution in [2.45, 2.75) is 6.92 Å². The number of esters is 1. The van der Waals surface area contributed by atoms with Crippen molar-refractivity contribution in [1.82, 2.24) is 0 Å². The molecule has 1 heterocycles. The van der Waals surface area contributed by atoms with Crippen LogP contribution in [0.3, 0.4) is 0 Å². The molecule has 0 radical (unpaired) electrons. The van der Waals surface area contributed by atoms with Crippen LogP contribution in [-0.2, 0) is 4.74 Å². The van der Waals surface area contributed by atoms with Crippen molar-refractivity contribution in [2.75, 3.05) is 12.3 Å².